The zero-order valence-corrected chi connectivity index (χ0v) is 36.5. The monoisotopic (exact) mass is 918 g/mol. The number of unbranched alkanes of at least 4 members (excludes halogenated alkanes) is 9. The molecule has 0 fully saturated rings. The summed E-state index contributed by atoms with van der Waals surface area (Å²) in [5.41, 5.74) is 0. The summed E-state index contributed by atoms with van der Waals surface area (Å²) in [5.74, 6) is -8.14. The normalized spacial score (nSPS) is 12.2. The van der Waals surface area contributed by atoms with Crippen LogP contribution in [0.15, 0.2) is 0 Å². The molecule has 23 nitrogen and oxygen atoms in total. The molecule has 5 amide bonds. The van der Waals surface area contributed by atoms with Crippen LogP contribution in [0.5, 0.6) is 0 Å². The minimum Gasteiger partial charge on any atom is -0.481 e. The SMILES string of the molecule is O=[C]COCCOCCNC(=O)COCCOCCNC(=O)CC[C@H](NC(=O)CC[C@H](NC(=O)CC[C@H](NC(=O)CCCCCCCCCCCCC(=O)O)C(=O)O)C(=O)O)C(=O)O. The highest BCUT2D eigenvalue weighted by Crippen LogP contribution is 2.12. The summed E-state index contributed by atoms with van der Waals surface area (Å²) in [6.07, 6.45) is 8.54. The van der Waals surface area contributed by atoms with Crippen LogP contribution in [0.4, 0.5) is 0 Å². The van der Waals surface area contributed by atoms with Gasteiger partial charge in [0.05, 0.1) is 39.6 Å². The van der Waals surface area contributed by atoms with Crippen LogP contribution in [0, 0.1) is 0 Å². The lowest BCUT2D eigenvalue weighted by atomic mass is 10.0. The van der Waals surface area contributed by atoms with Crippen molar-refractivity contribution >= 4 is 59.7 Å². The minimum atomic E-state index is -1.56. The average Bonchev–Trinajstić information content (AvgIpc) is 3.24. The Bertz CT molecular complexity index is 1420. The molecule has 0 saturated heterocycles. The van der Waals surface area contributed by atoms with E-state index in [1.54, 1.807) is 6.29 Å². The van der Waals surface area contributed by atoms with Gasteiger partial charge in [0.25, 0.3) is 0 Å². The van der Waals surface area contributed by atoms with Crippen molar-refractivity contribution < 1.29 is 87.3 Å². The number of carboxylic acid groups (broad SMARTS) is 4. The number of amides is 5. The molecule has 1 radical (unpaired) electrons. The molecular formula is C41H68N5O18. The average molecular weight is 919 g/mol. The molecule has 0 aromatic rings. The molecule has 64 heavy (non-hydrogen) atoms. The first-order valence-electron chi connectivity index (χ1n) is 21.6. The first-order valence-corrected chi connectivity index (χ1v) is 21.6. The molecule has 365 valence electrons. The lowest BCUT2D eigenvalue weighted by molar-refractivity contribution is -0.144. The molecule has 0 aliphatic rings. The van der Waals surface area contributed by atoms with Crippen molar-refractivity contribution in [3.63, 3.8) is 0 Å². The lowest BCUT2D eigenvalue weighted by Gasteiger charge is -2.18. The molecule has 9 N–H and O–H groups in total. The molecule has 0 heterocycles. The second-order valence-electron chi connectivity index (χ2n) is 14.6. The van der Waals surface area contributed by atoms with Crippen LogP contribution in [-0.2, 0) is 66.9 Å². The van der Waals surface area contributed by atoms with Gasteiger partial charge >= 0.3 is 23.9 Å². The van der Waals surface area contributed by atoms with Gasteiger partial charge in [-0.1, -0.05) is 51.4 Å². The second-order valence-corrected chi connectivity index (χ2v) is 14.6. The number of carbonyl (C=O) groups excluding carboxylic acids is 6. The van der Waals surface area contributed by atoms with Gasteiger partial charge in [-0.3, -0.25) is 33.6 Å². The van der Waals surface area contributed by atoms with Crippen LogP contribution in [-0.4, -0.2) is 164 Å². The van der Waals surface area contributed by atoms with E-state index in [-0.39, 0.29) is 104 Å². The molecule has 0 saturated carbocycles. The summed E-state index contributed by atoms with van der Waals surface area (Å²) in [5, 5.41) is 49.3. The minimum absolute atomic E-state index is 0.0831. The third-order valence-electron chi connectivity index (χ3n) is 9.20. The summed E-state index contributed by atoms with van der Waals surface area (Å²) < 4.78 is 20.6. The molecule has 0 unspecified atom stereocenters. The first kappa shape index (κ1) is 58.7. The molecular weight excluding hydrogens is 850 g/mol. The van der Waals surface area contributed by atoms with Crippen LogP contribution >= 0.6 is 0 Å². The van der Waals surface area contributed by atoms with Gasteiger partial charge in [0.1, 0.15) is 31.3 Å². The molecule has 0 spiro atoms. The number of nitrogens with one attached hydrogen (secondary N) is 5. The summed E-state index contributed by atoms with van der Waals surface area (Å²) in [7, 11) is 0. The Morgan fingerprint density at radius 1 is 0.406 bits per heavy atom. The number of carbonyl (C=O) groups is 9. The van der Waals surface area contributed by atoms with E-state index in [1.165, 1.54) is 0 Å². The molecule has 3 atom stereocenters. The number of carboxylic acids is 4. The smallest absolute Gasteiger partial charge is 0.326 e. The molecule has 0 rings (SSSR count). The number of aliphatic carboxylic acids is 4. The number of hydrogen-bond acceptors (Lipinski definition) is 14. The van der Waals surface area contributed by atoms with Gasteiger partial charge in [-0.15, -0.1) is 0 Å². The van der Waals surface area contributed by atoms with E-state index in [0.717, 1.165) is 51.4 Å². The number of ether oxygens (including phenoxy) is 4. The van der Waals surface area contributed by atoms with Gasteiger partial charge in [0, 0.05) is 45.2 Å². The third-order valence-corrected chi connectivity index (χ3v) is 9.20. The zero-order valence-electron chi connectivity index (χ0n) is 36.5. The number of rotatable bonds is 44. The van der Waals surface area contributed by atoms with Gasteiger partial charge in [0.2, 0.25) is 35.8 Å². The lowest BCUT2D eigenvalue weighted by Crippen LogP contribution is -2.45. The fraction of sp³-hybridized carbons (Fsp3) is 0.756. The fourth-order valence-electron chi connectivity index (χ4n) is 5.76. The Morgan fingerprint density at radius 2 is 0.766 bits per heavy atom. The molecule has 0 aromatic carbocycles. The van der Waals surface area contributed by atoms with E-state index in [4.69, 9.17) is 24.1 Å². The quantitative estimate of drug-likeness (QED) is 0.0369. The second kappa shape index (κ2) is 39.3. The topological polar surface area (TPSA) is 349 Å². The Morgan fingerprint density at radius 3 is 1.19 bits per heavy atom. The van der Waals surface area contributed by atoms with Crippen LogP contribution in [0.3, 0.4) is 0 Å². The molecule has 23 heteroatoms. The highest BCUT2D eigenvalue weighted by molar-refractivity contribution is 5.87. The Labute approximate surface area is 372 Å². The van der Waals surface area contributed by atoms with Crippen LogP contribution in [0.1, 0.15) is 116 Å². The van der Waals surface area contributed by atoms with Crippen molar-refractivity contribution in [2.24, 2.45) is 0 Å². The van der Waals surface area contributed by atoms with Crippen molar-refractivity contribution in [3.05, 3.63) is 0 Å². The Kier molecular flexibility index (Phi) is 36.1. The van der Waals surface area contributed by atoms with Gasteiger partial charge < -0.3 is 66.0 Å². The van der Waals surface area contributed by atoms with Crippen molar-refractivity contribution in [3.8, 4) is 0 Å². The molecule has 0 bridgehead atoms. The van der Waals surface area contributed by atoms with Gasteiger partial charge in [-0.2, -0.15) is 0 Å². The van der Waals surface area contributed by atoms with Gasteiger partial charge in [0.15, 0.2) is 0 Å². The highest BCUT2D eigenvalue weighted by Gasteiger charge is 2.26. The summed E-state index contributed by atoms with van der Waals surface area (Å²) >= 11 is 0. The van der Waals surface area contributed by atoms with Crippen molar-refractivity contribution in [2.75, 3.05) is 65.9 Å². The standard InChI is InChI=1S/C41H68N5O18/c47-21-24-63-26-25-61-23-20-43-37(52)29-64-28-27-62-22-19-42-33(48)16-13-30(39(55)56)45-35(50)18-15-32(41(59)60)46-36(51)17-14-31(40(57)58)44-34(49)11-9-7-5-3-1-2-4-6-8-10-12-38(53)54/h30-32H,1-20,22-29H2,(H,42,48)(H,43,52)(H,44,49)(H,45,50)(H,46,51)(H,53,54)(H,55,56)(H,57,58)(H,59,60)/t30-,31-,32-/m0/s1. The van der Waals surface area contributed by atoms with E-state index in [0.29, 0.717) is 12.8 Å². The third kappa shape index (κ3) is 36.2. The highest BCUT2D eigenvalue weighted by atomic mass is 16.5. The van der Waals surface area contributed by atoms with Crippen LogP contribution in [0.2, 0.25) is 0 Å². The Hall–Kier alpha value is -5.26. The first-order chi connectivity index (χ1) is 30.7. The summed E-state index contributed by atoms with van der Waals surface area (Å²) in [6.45, 7) is 1.06. The van der Waals surface area contributed by atoms with Crippen molar-refractivity contribution in [1.82, 2.24) is 26.6 Å². The molecule has 0 aliphatic carbocycles. The number of hydrogen-bond donors (Lipinski definition) is 9. The predicted molar refractivity (Wildman–Crippen MR) is 224 cm³/mol. The zero-order chi connectivity index (χ0) is 47.8. The largest absolute Gasteiger partial charge is 0.481 e. The van der Waals surface area contributed by atoms with E-state index >= 15 is 0 Å². The van der Waals surface area contributed by atoms with Gasteiger partial charge in [-0.05, 0) is 32.1 Å². The van der Waals surface area contributed by atoms with E-state index in [9.17, 15) is 63.3 Å². The molecule has 0 aromatic heterocycles. The van der Waals surface area contributed by atoms with Crippen LogP contribution < -0.4 is 26.6 Å². The summed E-state index contributed by atoms with van der Waals surface area (Å²) in [4.78, 5) is 117. The van der Waals surface area contributed by atoms with Gasteiger partial charge in [-0.25, -0.2) is 14.4 Å². The van der Waals surface area contributed by atoms with Crippen LogP contribution in [0.25, 0.3) is 0 Å². The summed E-state index contributed by atoms with van der Waals surface area (Å²) in [6, 6.07) is -4.43. The maximum Gasteiger partial charge on any atom is 0.326 e. The van der Waals surface area contributed by atoms with E-state index < -0.39 is 84.9 Å². The maximum absolute atomic E-state index is 12.5. The predicted octanol–water partition coefficient (Wildman–Crippen LogP) is 0.210. The Balaban J connectivity index is 4.31. The maximum atomic E-state index is 12.5. The fourth-order valence-corrected chi connectivity index (χ4v) is 5.76. The van der Waals surface area contributed by atoms with Crippen molar-refractivity contribution in [1.29, 1.82) is 0 Å². The molecule has 0 aliphatic heterocycles. The van der Waals surface area contributed by atoms with E-state index in [2.05, 4.69) is 26.6 Å². The van der Waals surface area contributed by atoms with E-state index in [1.807, 2.05) is 0 Å². The van der Waals surface area contributed by atoms with Crippen molar-refractivity contribution in [2.45, 2.75) is 134 Å².